The Morgan fingerprint density at radius 2 is 1.57 bits per heavy atom. The fourth-order valence-electron chi connectivity index (χ4n) is 5.10. The van der Waals surface area contributed by atoms with E-state index in [4.69, 9.17) is 18.9 Å². The molecule has 8 heteroatoms. The van der Waals surface area contributed by atoms with Gasteiger partial charge in [-0.2, -0.15) is 0 Å². The smallest absolute Gasteiger partial charge is 0.295 e. The molecule has 1 fully saturated rings. The third kappa shape index (κ3) is 5.21. The molecule has 1 amide bonds. The van der Waals surface area contributed by atoms with Crippen molar-refractivity contribution in [1.82, 2.24) is 4.90 Å². The summed E-state index contributed by atoms with van der Waals surface area (Å²) in [7, 11) is 6.23. The molecule has 1 heterocycles. The van der Waals surface area contributed by atoms with Crippen molar-refractivity contribution in [2.45, 2.75) is 39.3 Å². The Bertz CT molecular complexity index is 1470. The van der Waals surface area contributed by atoms with Crippen molar-refractivity contribution in [2.75, 3.05) is 28.4 Å². The molecule has 210 valence electrons. The van der Waals surface area contributed by atoms with Crippen LogP contribution in [0.25, 0.3) is 5.76 Å². The van der Waals surface area contributed by atoms with Gasteiger partial charge in [-0.15, -0.1) is 0 Å². The number of aliphatic hydroxyl groups excluding tert-OH is 1. The van der Waals surface area contributed by atoms with E-state index in [1.165, 1.54) is 12.0 Å². The molecule has 8 nitrogen and oxygen atoms in total. The van der Waals surface area contributed by atoms with Gasteiger partial charge < -0.3 is 29.0 Å². The Balaban J connectivity index is 1.91. The second-order valence-electron chi connectivity index (χ2n) is 9.96. The van der Waals surface area contributed by atoms with Gasteiger partial charge in [0, 0.05) is 12.1 Å². The van der Waals surface area contributed by atoms with Crippen LogP contribution in [0.1, 0.15) is 53.6 Å². The van der Waals surface area contributed by atoms with Crippen LogP contribution in [-0.4, -0.2) is 50.1 Å². The first kappa shape index (κ1) is 28.5. The Kier molecular flexibility index (Phi) is 8.38. The van der Waals surface area contributed by atoms with E-state index in [1.54, 1.807) is 51.7 Å². The van der Waals surface area contributed by atoms with Gasteiger partial charge in [0.05, 0.1) is 40.1 Å². The summed E-state index contributed by atoms with van der Waals surface area (Å²) in [5.41, 5.74) is 3.45. The predicted octanol–water partition coefficient (Wildman–Crippen LogP) is 5.77. The average molecular weight is 546 g/mol. The quantitative estimate of drug-likeness (QED) is 0.207. The lowest BCUT2D eigenvalue weighted by atomic mass is 9.91. The van der Waals surface area contributed by atoms with Gasteiger partial charge in [-0.3, -0.25) is 9.59 Å². The average Bonchev–Trinajstić information content (AvgIpc) is 3.21. The normalized spacial score (nSPS) is 16.4. The van der Waals surface area contributed by atoms with E-state index in [-0.39, 0.29) is 23.8 Å². The van der Waals surface area contributed by atoms with Crippen LogP contribution in [0.4, 0.5) is 0 Å². The number of ether oxygens (including phenoxy) is 4. The number of carbonyl (C=O) groups excluding carboxylic acids is 2. The van der Waals surface area contributed by atoms with Crippen LogP contribution in [0.3, 0.4) is 0 Å². The summed E-state index contributed by atoms with van der Waals surface area (Å²) in [6, 6.07) is 15.3. The zero-order valence-corrected chi connectivity index (χ0v) is 23.9. The lowest BCUT2D eigenvalue weighted by Gasteiger charge is -2.26. The zero-order valence-electron chi connectivity index (χ0n) is 23.9. The van der Waals surface area contributed by atoms with Gasteiger partial charge in [-0.05, 0) is 71.5 Å². The molecule has 1 N–H and O–H groups in total. The fourth-order valence-corrected chi connectivity index (χ4v) is 5.10. The molecule has 1 saturated heterocycles. The number of likely N-dealkylation sites (tertiary alicyclic amines) is 1. The molecule has 3 aromatic carbocycles. The van der Waals surface area contributed by atoms with Crippen LogP contribution < -0.4 is 18.9 Å². The molecule has 1 unspecified atom stereocenters. The summed E-state index contributed by atoms with van der Waals surface area (Å²) in [4.78, 5) is 28.6. The third-order valence-corrected chi connectivity index (χ3v) is 7.20. The molecule has 0 bridgehead atoms. The number of carbonyl (C=O) groups is 2. The second kappa shape index (κ2) is 11.7. The Hall–Kier alpha value is -4.46. The SMILES string of the molecule is COc1cccc(C2/C(=C(\O)c3cc(C(C)C)c(OC)cc3C)C(=O)C(=O)N2Cc2ccc(OC)c(OC)c2)c1. The number of aryl methyl sites for hydroxylation is 1. The standard InChI is InChI=1S/C32H35NO7/c1-18(2)23-16-24(19(3)13-26(23)39-6)30(34)28-29(21-9-8-10-22(15-21)37-4)33(32(36)31(28)35)17-20-11-12-25(38-5)27(14-20)40-7/h8-16,18,29,34H,17H2,1-7H3/b30-28+. The molecule has 0 spiro atoms. The van der Waals surface area contributed by atoms with Gasteiger partial charge in [0.25, 0.3) is 11.7 Å². The number of benzene rings is 3. The van der Waals surface area contributed by atoms with Crippen molar-refractivity contribution in [1.29, 1.82) is 0 Å². The van der Waals surface area contributed by atoms with E-state index >= 15 is 0 Å². The minimum absolute atomic E-state index is 0.0155. The van der Waals surface area contributed by atoms with Gasteiger partial charge >= 0.3 is 0 Å². The first-order chi connectivity index (χ1) is 19.1. The highest BCUT2D eigenvalue weighted by atomic mass is 16.5. The second-order valence-corrected chi connectivity index (χ2v) is 9.96. The number of methoxy groups -OCH3 is 4. The summed E-state index contributed by atoms with van der Waals surface area (Å²) in [5, 5.41) is 11.7. The van der Waals surface area contributed by atoms with Crippen molar-refractivity contribution in [2.24, 2.45) is 0 Å². The molecular formula is C32H35NO7. The molecule has 3 aromatic rings. The number of rotatable bonds is 9. The molecule has 1 atom stereocenters. The lowest BCUT2D eigenvalue weighted by molar-refractivity contribution is -0.140. The number of ketones is 1. The van der Waals surface area contributed by atoms with Gasteiger partial charge in [-0.1, -0.05) is 32.0 Å². The number of Topliss-reactive ketones (excluding diaryl/α,β-unsaturated/α-hetero) is 1. The van der Waals surface area contributed by atoms with E-state index in [0.29, 0.717) is 39.7 Å². The monoisotopic (exact) mass is 545 g/mol. The van der Waals surface area contributed by atoms with Crippen molar-refractivity contribution in [3.63, 3.8) is 0 Å². The van der Waals surface area contributed by atoms with Crippen molar-refractivity contribution >= 4 is 17.4 Å². The third-order valence-electron chi connectivity index (χ3n) is 7.20. The molecule has 1 aliphatic rings. The van der Waals surface area contributed by atoms with E-state index in [9.17, 15) is 14.7 Å². The number of amides is 1. The van der Waals surface area contributed by atoms with Crippen molar-refractivity contribution < 1.29 is 33.6 Å². The number of nitrogens with zero attached hydrogens (tertiary/aromatic N) is 1. The van der Waals surface area contributed by atoms with Crippen LogP contribution in [0.15, 0.2) is 60.2 Å². The number of hydrogen-bond donors (Lipinski definition) is 1. The highest BCUT2D eigenvalue weighted by molar-refractivity contribution is 6.46. The Labute approximate surface area is 234 Å². The van der Waals surface area contributed by atoms with Crippen LogP contribution in [0.5, 0.6) is 23.0 Å². The first-order valence-corrected chi connectivity index (χ1v) is 13.0. The van der Waals surface area contributed by atoms with E-state index in [0.717, 1.165) is 11.1 Å². The summed E-state index contributed by atoms with van der Waals surface area (Å²) in [6.07, 6.45) is 0. The van der Waals surface area contributed by atoms with Crippen LogP contribution >= 0.6 is 0 Å². The minimum Gasteiger partial charge on any atom is -0.507 e. The van der Waals surface area contributed by atoms with Gasteiger partial charge in [0.2, 0.25) is 0 Å². The van der Waals surface area contributed by atoms with E-state index in [1.807, 2.05) is 45.0 Å². The molecule has 40 heavy (non-hydrogen) atoms. The lowest BCUT2D eigenvalue weighted by Crippen LogP contribution is -2.29. The van der Waals surface area contributed by atoms with Gasteiger partial charge in [-0.25, -0.2) is 0 Å². The first-order valence-electron chi connectivity index (χ1n) is 13.0. The summed E-state index contributed by atoms with van der Waals surface area (Å²) in [6.45, 7) is 5.98. The molecule has 0 aromatic heterocycles. The van der Waals surface area contributed by atoms with Gasteiger partial charge in [0.15, 0.2) is 11.5 Å². The Morgan fingerprint density at radius 1 is 0.875 bits per heavy atom. The van der Waals surface area contributed by atoms with Crippen LogP contribution in [0.2, 0.25) is 0 Å². The molecule has 1 aliphatic heterocycles. The van der Waals surface area contributed by atoms with Crippen molar-refractivity contribution in [3.8, 4) is 23.0 Å². The highest BCUT2D eigenvalue weighted by Crippen LogP contribution is 2.43. The maximum atomic E-state index is 13.6. The summed E-state index contributed by atoms with van der Waals surface area (Å²) >= 11 is 0. The zero-order chi connectivity index (χ0) is 29.1. The van der Waals surface area contributed by atoms with Crippen LogP contribution in [-0.2, 0) is 16.1 Å². The Morgan fingerprint density at radius 3 is 2.20 bits per heavy atom. The molecular weight excluding hydrogens is 510 g/mol. The number of aliphatic hydroxyl groups is 1. The van der Waals surface area contributed by atoms with Gasteiger partial charge in [0.1, 0.15) is 17.3 Å². The van der Waals surface area contributed by atoms with Crippen LogP contribution in [0, 0.1) is 6.92 Å². The maximum Gasteiger partial charge on any atom is 0.295 e. The fraction of sp³-hybridized carbons (Fsp3) is 0.312. The summed E-state index contributed by atoms with van der Waals surface area (Å²) in [5.74, 6) is 0.718. The molecule has 0 saturated carbocycles. The number of hydrogen-bond acceptors (Lipinski definition) is 7. The van der Waals surface area contributed by atoms with Crippen molar-refractivity contribution in [3.05, 3.63) is 88.0 Å². The maximum absolute atomic E-state index is 13.6. The predicted molar refractivity (Wildman–Crippen MR) is 152 cm³/mol. The van der Waals surface area contributed by atoms with E-state index < -0.39 is 17.7 Å². The molecule has 0 aliphatic carbocycles. The minimum atomic E-state index is -0.854. The molecule has 4 rings (SSSR count). The molecule has 0 radical (unpaired) electrons. The largest absolute Gasteiger partial charge is 0.507 e. The highest BCUT2D eigenvalue weighted by Gasteiger charge is 2.46. The topological polar surface area (TPSA) is 94.5 Å². The van der Waals surface area contributed by atoms with E-state index in [2.05, 4.69) is 0 Å². The summed E-state index contributed by atoms with van der Waals surface area (Å²) < 4.78 is 21.8.